The molecule has 0 radical (unpaired) electrons. The van der Waals surface area contributed by atoms with E-state index in [1.54, 1.807) is 16.9 Å². The number of para-hydroxylation sites is 1. The van der Waals surface area contributed by atoms with Gasteiger partial charge in [-0.25, -0.2) is 0 Å². The molecule has 2 atom stereocenters. The van der Waals surface area contributed by atoms with E-state index < -0.39 is 5.54 Å². The molecule has 1 unspecified atom stereocenters. The highest BCUT2D eigenvalue weighted by Crippen LogP contribution is 2.48. The van der Waals surface area contributed by atoms with Gasteiger partial charge in [-0.15, -0.1) is 0 Å². The van der Waals surface area contributed by atoms with Crippen LogP contribution in [0.2, 0.25) is 5.02 Å². The third kappa shape index (κ3) is 2.97. The molecule has 1 fully saturated rings. The summed E-state index contributed by atoms with van der Waals surface area (Å²) in [5, 5.41) is 1.74. The number of amides is 2. The lowest BCUT2D eigenvalue weighted by Crippen LogP contribution is -2.67. The zero-order chi connectivity index (χ0) is 21.8. The number of aromatic amines is 1. The lowest BCUT2D eigenvalue weighted by atomic mass is 9.76. The van der Waals surface area contributed by atoms with Gasteiger partial charge in [0.15, 0.2) is 5.54 Å². The first-order valence-corrected chi connectivity index (χ1v) is 10.8. The fourth-order valence-electron chi connectivity index (χ4n) is 5.05. The Labute approximate surface area is 185 Å². The van der Waals surface area contributed by atoms with E-state index in [4.69, 9.17) is 16.3 Å². The molecular formula is C24H24ClN3O3. The molecular weight excluding hydrogens is 414 g/mol. The number of nitrogens with zero attached hydrogens (tertiary/aromatic N) is 2. The number of halogens is 1. The average molecular weight is 438 g/mol. The summed E-state index contributed by atoms with van der Waals surface area (Å²) in [6.07, 6.45) is 0. The van der Waals surface area contributed by atoms with E-state index >= 15 is 0 Å². The number of benzene rings is 2. The normalized spacial score (nSPS) is 23.3. The lowest BCUT2D eigenvalue weighted by molar-refractivity contribution is -0.166. The van der Waals surface area contributed by atoms with Gasteiger partial charge in [0.25, 0.3) is 5.91 Å². The average Bonchev–Trinajstić information content (AvgIpc) is 3.17. The Hall–Kier alpha value is -2.83. The van der Waals surface area contributed by atoms with E-state index in [9.17, 15) is 9.59 Å². The van der Waals surface area contributed by atoms with Gasteiger partial charge in [0, 0.05) is 42.0 Å². The second-order valence-corrected chi connectivity index (χ2v) is 8.80. The van der Waals surface area contributed by atoms with Crippen molar-refractivity contribution < 1.29 is 14.3 Å². The summed E-state index contributed by atoms with van der Waals surface area (Å²) in [7, 11) is 1.59. The summed E-state index contributed by atoms with van der Waals surface area (Å²) >= 11 is 6.13. The van der Waals surface area contributed by atoms with Crippen molar-refractivity contribution in [3.05, 3.63) is 70.4 Å². The molecule has 2 aliphatic rings. The molecule has 160 valence electrons. The standard InChI is InChI=1S/C24H24ClN3O3/c1-24-22-21(17-5-3-4-6-19(17)26-22)18(15-7-9-16(25)10-8-15)13-28(24)20(29)14-27(23(24)30)11-12-31-2/h3-10,18,26H,11-14H2,1-2H3/t18?,24-/m0/s1. The number of aromatic nitrogens is 1. The molecule has 3 aromatic rings. The summed E-state index contributed by atoms with van der Waals surface area (Å²) in [6.45, 7) is 3.15. The number of H-pyrrole nitrogens is 1. The topological polar surface area (TPSA) is 65.6 Å². The van der Waals surface area contributed by atoms with Gasteiger partial charge >= 0.3 is 0 Å². The highest BCUT2D eigenvalue weighted by Gasteiger charge is 2.56. The second kappa shape index (κ2) is 7.39. The third-order valence-corrected chi connectivity index (χ3v) is 6.91. The van der Waals surface area contributed by atoms with Crippen LogP contribution in [0.3, 0.4) is 0 Å². The Balaban J connectivity index is 1.72. The molecule has 1 aromatic heterocycles. The van der Waals surface area contributed by atoms with Crippen LogP contribution in [0.1, 0.15) is 29.7 Å². The summed E-state index contributed by atoms with van der Waals surface area (Å²) in [5.41, 5.74) is 2.82. The zero-order valence-corrected chi connectivity index (χ0v) is 18.3. The molecule has 2 amide bonds. The van der Waals surface area contributed by atoms with Gasteiger partial charge in [-0.3, -0.25) is 9.59 Å². The summed E-state index contributed by atoms with van der Waals surface area (Å²) in [6, 6.07) is 15.8. The van der Waals surface area contributed by atoms with E-state index in [-0.39, 0.29) is 24.3 Å². The number of piperazine rings is 1. The zero-order valence-electron chi connectivity index (χ0n) is 17.5. The minimum Gasteiger partial charge on any atom is -0.383 e. The number of methoxy groups -OCH3 is 1. The summed E-state index contributed by atoms with van der Waals surface area (Å²) < 4.78 is 5.16. The van der Waals surface area contributed by atoms with E-state index in [0.29, 0.717) is 24.7 Å². The first-order chi connectivity index (χ1) is 14.9. The molecule has 7 heteroatoms. The van der Waals surface area contributed by atoms with Crippen molar-refractivity contribution in [1.82, 2.24) is 14.8 Å². The van der Waals surface area contributed by atoms with Crippen molar-refractivity contribution in [2.24, 2.45) is 0 Å². The van der Waals surface area contributed by atoms with E-state index in [2.05, 4.69) is 11.1 Å². The largest absolute Gasteiger partial charge is 0.383 e. The van der Waals surface area contributed by atoms with Gasteiger partial charge in [0.1, 0.15) is 0 Å². The number of carbonyl (C=O) groups is 2. The van der Waals surface area contributed by atoms with Crippen LogP contribution in [0.15, 0.2) is 48.5 Å². The Kier molecular flexibility index (Phi) is 4.79. The SMILES string of the molecule is COCCN1CC(=O)N2CC(c3ccc(Cl)cc3)c3c([nH]c4ccccc34)[C@@]2(C)C1=O. The van der Waals surface area contributed by atoms with Gasteiger partial charge in [-0.1, -0.05) is 41.9 Å². The smallest absolute Gasteiger partial charge is 0.255 e. The van der Waals surface area contributed by atoms with Crippen LogP contribution in [-0.2, 0) is 19.9 Å². The molecule has 3 heterocycles. The lowest BCUT2D eigenvalue weighted by Gasteiger charge is -2.51. The maximum Gasteiger partial charge on any atom is 0.255 e. The number of fused-ring (bicyclic) bond motifs is 5. The Morgan fingerprint density at radius 3 is 2.65 bits per heavy atom. The van der Waals surface area contributed by atoms with Crippen molar-refractivity contribution in [2.45, 2.75) is 18.4 Å². The van der Waals surface area contributed by atoms with E-state index in [1.807, 2.05) is 49.4 Å². The molecule has 0 bridgehead atoms. The Bertz CT molecular complexity index is 1170. The number of hydrogen-bond donors (Lipinski definition) is 1. The molecule has 1 saturated heterocycles. The maximum absolute atomic E-state index is 13.7. The maximum atomic E-state index is 13.7. The minimum absolute atomic E-state index is 0.0542. The molecule has 0 saturated carbocycles. The second-order valence-electron chi connectivity index (χ2n) is 8.36. The van der Waals surface area contributed by atoms with Gasteiger partial charge in [-0.2, -0.15) is 0 Å². The highest BCUT2D eigenvalue weighted by molar-refractivity contribution is 6.30. The third-order valence-electron chi connectivity index (χ3n) is 6.66. The van der Waals surface area contributed by atoms with Gasteiger partial charge in [0.05, 0.1) is 18.8 Å². The molecule has 2 aliphatic heterocycles. The molecule has 0 spiro atoms. The molecule has 2 aromatic carbocycles. The number of nitrogens with one attached hydrogen (secondary N) is 1. The van der Waals surface area contributed by atoms with Crippen molar-refractivity contribution in [3.63, 3.8) is 0 Å². The van der Waals surface area contributed by atoms with Gasteiger partial charge in [0.2, 0.25) is 5.91 Å². The molecule has 5 rings (SSSR count). The van der Waals surface area contributed by atoms with Crippen LogP contribution >= 0.6 is 11.6 Å². The molecule has 1 N–H and O–H groups in total. The Morgan fingerprint density at radius 2 is 1.90 bits per heavy atom. The Morgan fingerprint density at radius 1 is 1.16 bits per heavy atom. The fraction of sp³-hybridized carbons (Fsp3) is 0.333. The van der Waals surface area contributed by atoms with Crippen molar-refractivity contribution in [2.75, 3.05) is 33.4 Å². The quantitative estimate of drug-likeness (QED) is 0.679. The fourth-order valence-corrected chi connectivity index (χ4v) is 5.18. The van der Waals surface area contributed by atoms with Crippen LogP contribution in [0.25, 0.3) is 10.9 Å². The van der Waals surface area contributed by atoms with Crippen LogP contribution < -0.4 is 0 Å². The predicted molar refractivity (Wildman–Crippen MR) is 119 cm³/mol. The first-order valence-electron chi connectivity index (χ1n) is 10.4. The number of carbonyl (C=O) groups excluding carboxylic acids is 2. The minimum atomic E-state index is -1.08. The predicted octanol–water partition coefficient (Wildman–Crippen LogP) is 3.50. The highest BCUT2D eigenvalue weighted by atomic mass is 35.5. The summed E-state index contributed by atoms with van der Waals surface area (Å²) in [5.74, 6) is -0.188. The van der Waals surface area contributed by atoms with E-state index in [1.165, 1.54) is 0 Å². The van der Waals surface area contributed by atoms with Crippen LogP contribution in [-0.4, -0.2) is 59.9 Å². The molecule has 31 heavy (non-hydrogen) atoms. The number of ether oxygens (including phenoxy) is 1. The van der Waals surface area contributed by atoms with Crippen molar-refractivity contribution in [3.8, 4) is 0 Å². The number of hydrogen-bond acceptors (Lipinski definition) is 3. The summed E-state index contributed by atoms with van der Waals surface area (Å²) in [4.78, 5) is 33.8. The van der Waals surface area contributed by atoms with Gasteiger partial charge < -0.3 is 19.5 Å². The van der Waals surface area contributed by atoms with Crippen LogP contribution in [0, 0.1) is 0 Å². The van der Waals surface area contributed by atoms with Gasteiger partial charge in [-0.05, 0) is 36.2 Å². The molecule has 6 nitrogen and oxygen atoms in total. The van der Waals surface area contributed by atoms with E-state index in [0.717, 1.165) is 27.7 Å². The number of rotatable bonds is 4. The monoisotopic (exact) mass is 437 g/mol. The first kappa shape index (κ1) is 20.1. The van der Waals surface area contributed by atoms with Crippen molar-refractivity contribution >= 4 is 34.3 Å². The van der Waals surface area contributed by atoms with Crippen molar-refractivity contribution in [1.29, 1.82) is 0 Å². The van der Waals surface area contributed by atoms with Crippen LogP contribution in [0.4, 0.5) is 0 Å². The molecule has 0 aliphatic carbocycles. The van der Waals surface area contributed by atoms with Crippen LogP contribution in [0.5, 0.6) is 0 Å².